The number of rotatable bonds is 0. The van der Waals surface area contributed by atoms with Crippen molar-refractivity contribution in [1.29, 1.82) is 0 Å². The molecule has 0 amide bonds. The molecule has 1 aliphatic heterocycles. The third-order valence-electron chi connectivity index (χ3n) is 2.08. The lowest BCUT2D eigenvalue weighted by Gasteiger charge is -2.30. The van der Waals surface area contributed by atoms with Crippen LogP contribution in [-0.4, -0.2) is 12.1 Å². The first-order chi connectivity index (χ1) is 6.18. The van der Waals surface area contributed by atoms with E-state index in [1.807, 2.05) is 27.7 Å². The van der Waals surface area contributed by atoms with Gasteiger partial charge in [-0.3, -0.25) is 0 Å². The van der Waals surface area contributed by atoms with Crippen molar-refractivity contribution in [3.8, 4) is 0 Å². The van der Waals surface area contributed by atoms with Gasteiger partial charge in [-0.1, -0.05) is 34.6 Å². The predicted octanol–water partition coefficient (Wildman–Crippen LogP) is 3.84. The molecule has 1 fully saturated rings. The van der Waals surface area contributed by atoms with Crippen LogP contribution in [0.2, 0.25) is 0 Å². The molecule has 1 aliphatic rings. The van der Waals surface area contributed by atoms with Gasteiger partial charge in [0.15, 0.2) is 0 Å². The van der Waals surface area contributed by atoms with Gasteiger partial charge < -0.3 is 5.32 Å². The Morgan fingerprint density at radius 1 is 0.769 bits per heavy atom. The zero-order chi connectivity index (χ0) is 10.9. The molecule has 0 radical (unpaired) electrons. The van der Waals surface area contributed by atoms with Gasteiger partial charge in [-0.25, -0.2) is 0 Å². The molecule has 0 bridgehead atoms. The Morgan fingerprint density at radius 2 is 1.08 bits per heavy atom. The van der Waals surface area contributed by atoms with Gasteiger partial charge in [0.2, 0.25) is 0 Å². The maximum Gasteiger partial charge on any atom is 0.00437 e. The molecular weight excluding hydrogens is 158 g/mol. The first-order valence-electron chi connectivity index (χ1n) is 5.94. The molecular formula is C12H29N. The van der Waals surface area contributed by atoms with Crippen LogP contribution in [0.25, 0.3) is 0 Å². The van der Waals surface area contributed by atoms with E-state index >= 15 is 0 Å². The van der Waals surface area contributed by atoms with Crippen LogP contribution in [0.1, 0.15) is 61.3 Å². The van der Waals surface area contributed by atoms with Gasteiger partial charge in [-0.2, -0.15) is 0 Å². The molecule has 1 unspecified atom stereocenters. The number of nitrogens with one attached hydrogen (secondary N) is 1. The normalized spacial score (nSPS) is 32.1. The zero-order valence-corrected chi connectivity index (χ0v) is 10.6. The predicted molar refractivity (Wildman–Crippen MR) is 63.2 cm³/mol. The van der Waals surface area contributed by atoms with Crippen molar-refractivity contribution >= 4 is 0 Å². The van der Waals surface area contributed by atoms with Crippen LogP contribution in [0, 0.1) is 5.92 Å². The number of piperidine rings is 1. The van der Waals surface area contributed by atoms with Gasteiger partial charge in [0.05, 0.1) is 0 Å². The van der Waals surface area contributed by atoms with Gasteiger partial charge in [0.1, 0.15) is 0 Å². The quantitative estimate of drug-likeness (QED) is 0.607. The van der Waals surface area contributed by atoms with Crippen LogP contribution >= 0.6 is 0 Å². The second kappa shape index (κ2) is 10.0. The first kappa shape index (κ1) is 15.4. The lowest BCUT2D eigenvalue weighted by atomic mass is 9.91. The lowest BCUT2D eigenvalue weighted by molar-refractivity contribution is 0.279. The maximum atomic E-state index is 3.51. The van der Waals surface area contributed by atoms with Crippen LogP contribution in [0.15, 0.2) is 0 Å². The smallest absolute Gasteiger partial charge is 0.00437 e. The zero-order valence-electron chi connectivity index (χ0n) is 10.6. The number of hydrogen-bond donors (Lipinski definition) is 1. The highest BCUT2D eigenvalue weighted by Gasteiger charge is 2.18. The number of hydrogen-bond acceptors (Lipinski definition) is 1. The SMILES string of the molecule is CC.CC.CC1C[C@@H](C)N[C@@H](C)C1. The van der Waals surface area contributed by atoms with Crippen molar-refractivity contribution < 1.29 is 0 Å². The fraction of sp³-hybridized carbons (Fsp3) is 1.00. The van der Waals surface area contributed by atoms with Crippen molar-refractivity contribution in [3.63, 3.8) is 0 Å². The second-order valence-corrected chi connectivity index (χ2v) is 3.55. The summed E-state index contributed by atoms with van der Waals surface area (Å²) in [5.41, 5.74) is 0. The average Bonchev–Trinajstić information content (AvgIpc) is 2.09. The molecule has 0 aromatic rings. The summed E-state index contributed by atoms with van der Waals surface area (Å²) < 4.78 is 0. The van der Waals surface area contributed by atoms with Crippen LogP contribution in [-0.2, 0) is 0 Å². The molecule has 82 valence electrons. The molecule has 1 saturated heterocycles. The van der Waals surface area contributed by atoms with Gasteiger partial charge in [-0.15, -0.1) is 0 Å². The Balaban J connectivity index is 0. The molecule has 0 spiro atoms. The Bertz CT molecular complexity index is 66.1. The average molecular weight is 187 g/mol. The molecule has 3 atom stereocenters. The Hall–Kier alpha value is -0.0400. The highest BCUT2D eigenvalue weighted by Crippen LogP contribution is 2.18. The van der Waals surface area contributed by atoms with Crippen LogP contribution in [0.3, 0.4) is 0 Å². The highest BCUT2D eigenvalue weighted by atomic mass is 14.9. The summed E-state index contributed by atoms with van der Waals surface area (Å²) in [6.07, 6.45) is 2.70. The van der Waals surface area contributed by atoms with Gasteiger partial charge in [0.25, 0.3) is 0 Å². The molecule has 0 saturated carbocycles. The standard InChI is InChI=1S/C8H17N.2C2H6/c1-6-4-7(2)9-8(3)5-6;2*1-2/h6-9H,4-5H2,1-3H3;2*1-2H3/t6?,7-,8+;;. The van der Waals surface area contributed by atoms with Crippen LogP contribution in [0.4, 0.5) is 0 Å². The highest BCUT2D eigenvalue weighted by molar-refractivity contribution is 4.77. The van der Waals surface area contributed by atoms with Crippen molar-refractivity contribution in [3.05, 3.63) is 0 Å². The summed E-state index contributed by atoms with van der Waals surface area (Å²) in [6.45, 7) is 14.9. The molecule has 1 nitrogen and oxygen atoms in total. The molecule has 0 aromatic heterocycles. The Labute approximate surface area is 85.3 Å². The van der Waals surface area contributed by atoms with E-state index < -0.39 is 0 Å². The summed E-state index contributed by atoms with van der Waals surface area (Å²) in [5.74, 6) is 0.927. The molecule has 1 N–H and O–H groups in total. The summed E-state index contributed by atoms with van der Waals surface area (Å²) in [7, 11) is 0. The van der Waals surface area contributed by atoms with E-state index in [0.717, 1.165) is 18.0 Å². The molecule has 1 rings (SSSR count). The summed E-state index contributed by atoms with van der Waals surface area (Å²) in [5, 5.41) is 3.51. The van der Waals surface area contributed by atoms with Crippen LogP contribution < -0.4 is 5.32 Å². The molecule has 0 aliphatic carbocycles. The molecule has 1 heterocycles. The van der Waals surface area contributed by atoms with Crippen molar-refractivity contribution in [2.45, 2.75) is 73.4 Å². The van der Waals surface area contributed by atoms with E-state index in [1.54, 1.807) is 0 Å². The third kappa shape index (κ3) is 8.29. The van der Waals surface area contributed by atoms with Gasteiger partial charge >= 0.3 is 0 Å². The minimum Gasteiger partial charge on any atom is -0.312 e. The monoisotopic (exact) mass is 187 g/mol. The van der Waals surface area contributed by atoms with Crippen molar-refractivity contribution in [2.75, 3.05) is 0 Å². The minimum atomic E-state index is 0.740. The Morgan fingerprint density at radius 3 is 1.31 bits per heavy atom. The first-order valence-corrected chi connectivity index (χ1v) is 5.94. The summed E-state index contributed by atoms with van der Waals surface area (Å²) in [6, 6.07) is 1.48. The molecule has 1 heteroatoms. The second-order valence-electron chi connectivity index (χ2n) is 3.55. The van der Waals surface area contributed by atoms with Crippen molar-refractivity contribution in [2.24, 2.45) is 5.92 Å². The van der Waals surface area contributed by atoms with Crippen molar-refractivity contribution in [1.82, 2.24) is 5.32 Å². The third-order valence-corrected chi connectivity index (χ3v) is 2.08. The largest absolute Gasteiger partial charge is 0.312 e. The molecule has 0 aromatic carbocycles. The van der Waals surface area contributed by atoms with E-state index in [9.17, 15) is 0 Å². The van der Waals surface area contributed by atoms with Gasteiger partial charge in [0, 0.05) is 12.1 Å². The van der Waals surface area contributed by atoms with E-state index in [-0.39, 0.29) is 0 Å². The minimum absolute atomic E-state index is 0.740. The van der Waals surface area contributed by atoms with E-state index in [2.05, 4.69) is 26.1 Å². The van der Waals surface area contributed by atoms with E-state index in [0.29, 0.717) is 0 Å². The topological polar surface area (TPSA) is 12.0 Å². The summed E-state index contributed by atoms with van der Waals surface area (Å²) in [4.78, 5) is 0. The maximum absolute atomic E-state index is 3.51. The van der Waals surface area contributed by atoms with E-state index in [1.165, 1.54) is 12.8 Å². The van der Waals surface area contributed by atoms with Crippen LogP contribution in [0.5, 0.6) is 0 Å². The van der Waals surface area contributed by atoms with E-state index in [4.69, 9.17) is 0 Å². The van der Waals surface area contributed by atoms with Gasteiger partial charge in [-0.05, 0) is 32.6 Å². The fourth-order valence-electron chi connectivity index (χ4n) is 1.93. The fourth-order valence-corrected chi connectivity index (χ4v) is 1.93. The Kier molecular flexibility index (Phi) is 11.9. The summed E-state index contributed by atoms with van der Waals surface area (Å²) >= 11 is 0. The molecule has 13 heavy (non-hydrogen) atoms. The lowest BCUT2D eigenvalue weighted by Crippen LogP contribution is -2.41.